The average molecular weight is 491 g/mol. The van der Waals surface area contributed by atoms with E-state index in [4.69, 9.17) is 0 Å². The number of aromatic nitrogens is 5. The van der Waals surface area contributed by atoms with Gasteiger partial charge in [-0.05, 0) is 54.6 Å². The number of anilines is 1. The lowest BCUT2D eigenvalue weighted by Crippen LogP contribution is -2.26. The second-order valence-corrected chi connectivity index (χ2v) is 9.49. The highest BCUT2D eigenvalue weighted by Gasteiger charge is 2.20. The van der Waals surface area contributed by atoms with Crippen molar-refractivity contribution in [2.45, 2.75) is 19.9 Å². The van der Waals surface area contributed by atoms with E-state index in [-0.39, 0.29) is 11.6 Å². The van der Waals surface area contributed by atoms with E-state index in [0.717, 1.165) is 43.8 Å². The Bertz CT molecular complexity index is 1780. The topological polar surface area (TPSA) is 85.6 Å². The number of hydrogen-bond donors (Lipinski definition) is 1. The molecule has 36 heavy (non-hydrogen) atoms. The van der Waals surface area contributed by atoms with E-state index in [1.165, 1.54) is 17.7 Å². The monoisotopic (exact) mass is 490 g/mol. The minimum atomic E-state index is -0.244. The Morgan fingerprint density at radius 1 is 0.972 bits per heavy atom. The molecule has 0 saturated carbocycles. The van der Waals surface area contributed by atoms with Crippen LogP contribution in [0.3, 0.4) is 0 Å². The molecule has 4 heterocycles. The summed E-state index contributed by atoms with van der Waals surface area (Å²) in [5, 5.41) is 5.00. The number of nitrogens with zero attached hydrogens (tertiary/aromatic N) is 5. The highest BCUT2D eigenvalue weighted by atomic mass is 32.1. The molecule has 6 aromatic rings. The van der Waals surface area contributed by atoms with Crippen molar-refractivity contribution in [1.29, 1.82) is 0 Å². The predicted molar refractivity (Wildman–Crippen MR) is 145 cm³/mol. The summed E-state index contributed by atoms with van der Waals surface area (Å²) in [6, 6.07) is 19.6. The summed E-state index contributed by atoms with van der Waals surface area (Å²) in [4.78, 5) is 32.5. The van der Waals surface area contributed by atoms with Crippen molar-refractivity contribution in [2.24, 2.45) is 0 Å². The van der Waals surface area contributed by atoms with Gasteiger partial charge in [-0.2, -0.15) is 0 Å². The number of aryl methyl sites for hydroxylation is 1. The van der Waals surface area contributed by atoms with Gasteiger partial charge < -0.3 is 5.32 Å². The quantitative estimate of drug-likeness (QED) is 0.322. The normalized spacial score (nSPS) is 12.2. The third-order valence-electron chi connectivity index (χ3n) is 6.21. The minimum absolute atomic E-state index is 0.0825. The Morgan fingerprint density at radius 2 is 1.83 bits per heavy atom. The predicted octanol–water partition coefficient (Wildman–Crippen LogP) is 5.93. The van der Waals surface area contributed by atoms with Gasteiger partial charge in [-0.15, -0.1) is 11.3 Å². The molecule has 0 amide bonds. The van der Waals surface area contributed by atoms with Crippen molar-refractivity contribution in [1.82, 2.24) is 24.5 Å². The molecule has 0 unspecified atom stereocenters. The van der Waals surface area contributed by atoms with Gasteiger partial charge in [0.05, 0.1) is 16.9 Å². The van der Waals surface area contributed by atoms with Gasteiger partial charge in [-0.1, -0.05) is 36.4 Å². The molecule has 0 saturated heterocycles. The number of thiazole rings is 1. The highest BCUT2D eigenvalue weighted by Crippen LogP contribution is 2.31. The Balaban J connectivity index is 1.58. The van der Waals surface area contributed by atoms with Gasteiger partial charge >= 0.3 is 0 Å². The summed E-state index contributed by atoms with van der Waals surface area (Å²) >= 11 is 1.47. The average Bonchev–Trinajstić information content (AvgIpc) is 3.39. The lowest BCUT2D eigenvalue weighted by molar-refractivity contribution is 0.774. The van der Waals surface area contributed by atoms with Crippen LogP contribution in [0.5, 0.6) is 0 Å². The SMILES string of the molecule is Cc1cncc(-c2cccc3cc([C@H](C)Nc4ncnc5scnc45)n(-c4ccccc4)c(=O)c23)c1. The molecule has 2 aromatic carbocycles. The van der Waals surface area contributed by atoms with E-state index in [9.17, 15) is 4.79 Å². The third kappa shape index (κ3) is 3.81. The van der Waals surface area contributed by atoms with Gasteiger partial charge in [0.1, 0.15) is 16.7 Å². The molecule has 0 radical (unpaired) electrons. The number of rotatable bonds is 5. The number of benzene rings is 2. The van der Waals surface area contributed by atoms with Crippen molar-refractivity contribution in [3.05, 3.63) is 107 Å². The Morgan fingerprint density at radius 3 is 2.67 bits per heavy atom. The molecule has 8 heteroatoms. The number of fused-ring (bicyclic) bond motifs is 2. The van der Waals surface area contributed by atoms with Crippen LogP contribution < -0.4 is 10.9 Å². The summed E-state index contributed by atoms with van der Waals surface area (Å²) in [5.41, 5.74) is 6.84. The van der Waals surface area contributed by atoms with E-state index >= 15 is 0 Å². The molecule has 4 aromatic heterocycles. The molecular formula is C28H22N6OS. The Hall–Kier alpha value is -4.43. The fourth-order valence-corrected chi connectivity index (χ4v) is 5.19. The van der Waals surface area contributed by atoms with Crippen LogP contribution in [0.4, 0.5) is 5.82 Å². The molecule has 0 spiro atoms. The van der Waals surface area contributed by atoms with Crippen LogP contribution in [-0.2, 0) is 0 Å². The van der Waals surface area contributed by atoms with Crippen LogP contribution in [-0.4, -0.2) is 24.5 Å². The summed E-state index contributed by atoms with van der Waals surface area (Å²) in [7, 11) is 0. The summed E-state index contributed by atoms with van der Waals surface area (Å²) in [6.07, 6.45) is 5.15. The number of hydrogen-bond acceptors (Lipinski definition) is 7. The van der Waals surface area contributed by atoms with E-state index in [2.05, 4.69) is 37.4 Å². The molecule has 1 N–H and O–H groups in total. The zero-order valence-electron chi connectivity index (χ0n) is 19.7. The van der Waals surface area contributed by atoms with Gasteiger partial charge in [0.15, 0.2) is 5.82 Å². The molecule has 0 fully saturated rings. The van der Waals surface area contributed by atoms with Gasteiger partial charge in [0.2, 0.25) is 0 Å². The fraction of sp³-hybridized carbons (Fsp3) is 0.107. The van der Waals surface area contributed by atoms with Crippen LogP contribution in [0.25, 0.3) is 37.9 Å². The van der Waals surface area contributed by atoms with Gasteiger partial charge in [0, 0.05) is 29.3 Å². The second-order valence-electron chi connectivity index (χ2n) is 8.66. The summed E-state index contributed by atoms with van der Waals surface area (Å²) < 4.78 is 1.78. The van der Waals surface area contributed by atoms with E-state index in [0.29, 0.717) is 11.2 Å². The van der Waals surface area contributed by atoms with Crippen LogP contribution >= 0.6 is 11.3 Å². The Kier molecular flexibility index (Phi) is 5.50. The number of pyridine rings is 2. The highest BCUT2D eigenvalue weighted by molar-refractivity contribution is 7.16. The zero-order chi connectivity index (χ0) is 24.6. The van der Waals surface area contributed by atoms with Crippen LogP contribution in [0, 0.1) is 6.92 Å². The number of para-hydroxylation sites is 1. The molecular weight excluding hydrogens is 468 g/mol. The molecule has 0 aliphatic heterocycles. The minimum Gasteiger partial charge on any atom is -0.360 e. The first-order valence-electron chi connectivity index (χ1n) is 11.6. The fourth-order valence-electron chi connectivity index (χ4n) is 4.57. The van der Waals surface area contributed by atoms with Crippen molar-refractivity contribution in [3.8, 4) is 16.8 Å². The zero-order valence-corrected chi connectivity index (χ0v) is 20.5. The van der Waals surface area contributed by atoms with Crippen molar-refractivity contribution in [2.75, 3.05) is 5.32 Å². The molecule has 0 aliphatic carbocycles. The lowest BCUT2D eigenvalue weighted by Gasteiger charge is -2.22. The maximum absolute atomic E-state index is 14.2. The van der Waals surface area contributed by atoms with Crippen molar-refractivity contribution >= 4 is 38.3 Å². The van der Waals surface area contributed by atoms with Crippen LogP contribution in [0.2, 0.25) is 0 Å². The van der Waals surface area contributed by atoms with Gasteiger partial charge in [-0.25, -0.2) is 15.0 Å². The van der Waals surface area contributed by atoms with Crippen LogP contribution in [0.1, 0.15) is 24.2 Å². The first-order valence-corrected chi connectivity index (χ1v) is 12.4. The van der Waals surface area contributed by atoms with Gasteiger partial charge in [0.25, 0.3) is 5.56 Å². The summed E-state index contributed by atoms with van der Waals surface area (Å²) in [5.74, 6) is 0.639. The molecule has 6 rings (SSSR count). The molecule has 0 bridgehead atoms. The Labute approximate surface area is 211 Å². The maximum atomic E-state index is 14.2. The van der Waals surface area contributed by atoms with Crippen LogP contribution in [0.15, 0.2) is 89.7 Å². The van der Waals surface area contributed by atoms with Gasteiger partial charge in [-0.3, -0.25) is 14.3 Å². The largest absolute Gasteiger partial charge is 0.360 e. The molecule has 0 aliphatic rings. The lowest BCUT2D eigenvalue weighted by atomic mass is 9.98. The standard InChI is InChI=1S/C28H22N6OS/c1-17-11-20(14-29-13-17)22-10-6-7-19-12-23(34(28(35)24(19)22)21-8-4-3-5-9-21)18(2)33-26-25-27(31-15-30-26)36-16-32-25/h3-16,18H,1-2H3,(H,30,31,33)/t18-/m0/s1. The van der Waals surface area contributed by atoms with E-state index in [1.54, 1.807) is 16.3 Å². The molecule has 7 nitrogen and oxygen atoms in total. The molecule has 176 valence electrons. The third-order valence-corrected chi connectivity index (χ3v) is 6.94. The summed E-state index contributed by atoms with van der Waals surface area (Å²) in [6.45, 7) is 4.02. The first kappa shape index (κ1) is 22.1. The maximum Gasteiger partial charge on any atom is 0.263 e. The van der Waals surface area contributed by atoms with Crippen molar-refractivity contribution in [3.63, 3.8) is 0 Å². The van der Waals surface area contributed by atoms with Crippen molar-refractivity contribution < 1.29 is 0 Å². The van der Waals surface area contributed by atoms with E-state index in [1.807, 2.05) is 68.6 Å². The second kappa shape index (κ2) is 8.98. The molecule has 1 atom stereocenters. The first-order chi connectivity index (χ1) is 17.6. The smallest absolute Gasteiger partial charge is 0.263 e. The number of nitrogens with one attached hydrogen (secondary N) is 1. The van der Waals surface area contributed by atoms with E-state index < -0.39 is 0 Å².